The fourth-order valence-corrected chi connectivity index (χ4v) is 3.31. The summed E-state index contributed by atoms with van der Waals surface area (Å²) >= 11 is -1.33. The van der Waals surface area contributed by atoms with E-state index in [-0.39, 0.29) is 6.29 Å². The maximum atomic E-state index is 13.7. The quantitative estimate of drug-likeness (QED) is 0.740. The number of halogens is 1. The molecular formula is C17H27FN2O4S. The van der Waals surface area contributed by atoms with E-state index in [2.05, 4.69) is 9.71 Å². The third-order valence-corrected chi connectivity index (χ3v) is 5.42. The Morgan fingerprint density at radius 1 is 1.44 bits per heavy atom. The van der Waals surface area contributed by atoms with E-state index in [1.54, 1.807) is 0 Å². The molecule has 1 N–H and O–H groups in total. The van der Waals surface area contributed by atoms with E-state index in [9.17, 15) is 8.94 Å². The van der Waals surface area contributed by atoms with Gasteiger partial charge in [-0.05, 0) is 39.7 Å². The summed E-state index contributed by atoms with van der Waals surface area (Å²) in [7, 11) is 1.48. The summed E-state index contributed by atoms with van der Waals surface area (Å²) in [6, 6.07) is 0.971. The fraction of sp³-hybridized carbons (Fsp3) is 0.706. The van der Waals surface area contributed by atoms with E-state index >= 15 is 0 Å². The average molecular weight is 374 g/mol. The second-order valence-electron chi connectivity index (χ2n) is 6.91. The van der Waals surface area contributed by atoms with Crippen LogP contribution < -0.4 is 9.46 Å². The molecule has 0 amide bonds. The molecule has 0 bridgehead atoms. The van der Waals surface area contributed by atoms with Crippen molar-refractivity contribution >= 4 is 11.4 Å². The molecule has 1 fully saturated rings. The first-order valence-corrected chi connectivity index (χ1v) is 9.57. The highest BCUT2D eigenvalue weighted by atomic mass is 32.2. The Balaban J connectivity index is 2.17. The zero-order chi connectivity index (χ0) is 18.4. The molecule has 0 radical (unpaired) electrons. The first-order chi connectivity index (χ1) is 11.8. The van der Waals surface area contributed by atoms with E-state index in [1.165, 1.54) is 13.2 Å². The van der Waals surface area contributed by atoms with Crippen LogP contribution in [0.3, 0.4) is 0 Å². The Morgan fingerprint density at radius 3 is 2.72 bits per heavy atom. The predicted octanol–water partition coefficient (Wildman–Crippen LogP) is 2.87. The molecular weight excluding hydrogens is 347 g/mol. The van der Waals surface area contributed by atoms with Gasteiger partial charge in [0.05, 0.1) is 32.6 Å². The van der Waals surface area contributed by atoms with Crippen molar-refractivity contribution in [2.75, 3.05) is 20.3 Å². The summed E-state index contributed by atoms with van der Waals surface area (Å²) < 4.78 is 45.3. The van der Waals surface area contributed by atoms with Crippen molar-refractivity contribution in [1.82, 2.24) is 9.71 Å². The molecule has 6 nitrogen and oxygen atoms in total. The van der Waals surface area contributed by atoms with Crippen LogP contribution in [0.1, 0.15) is 51.6 Å². The lowest BCUT2D eigenvalue weighted by molar-refractivity contribution is -0.182. The van der Waals surface area contributed by atoms with Crippen LogP contribution in [0.2, 0.25) is 0 Å². The molecule has 8 heteroatoms. The van der Waals surface area contributed by atoms with E-state index in [1.807, 2.05) is 20.8 Å². The van der Waals surface area contributed by atoms with Gasteiger partial charge in [0, 0.05) is 23.3 Å². The minimum absolute atomic E-state index is 0.298. The molecule has 25 heavy (non-hydrogen) atoms. The second kappa shape index (κ2) is 9.14. The summed E-state index contributed by atoms with van der Waals surface area (Å²) in [5.74, 6) is -0.149. The zero-order valence-corrected chi connectivity index (χ0v) is 16.0. The maximum absolute atomic E-state index is 13.7. The van der Waals surface area contributed by atoms with Gasteiger partial charge in [0.25, 0.3) is 0 Å². The van der Waals surface area contributed by atoms with E-state index in [4.69, 9.17) is 14.2 Å². The van der Waals surface area contributed by atoms with Gasteiger partial charge in [-0.2, -0.15) is 0 Å². The molecule has 1 aliphatic heterocycles. The number of aromatic nitrogens is 1. The van der Waals surface area contributed by atoms with Gasteiger partial charge in [-0.15, -0.1) is 4.72 Å². The summed E-state index contributed by atoms with van der Waals surface area (Å²) in [5.41, 5.74) is 0.538. The number of nitrogens with zero attached hydrogens (tertiary/aromatic N) is 1. The fourth-order valence-electron chi connectivity index (χ4n) is 2.45. The monoisotopic (exact) mass is 374 g/mol. The Morgan fingerprint density at radius 2 is 2.12 bits per heavy atom. The third-order valence-electron chi connectivity index (χ3n) is 3.81. The lowest BCUT2D eigenvalue weighted by Crippen LogP contribution is -2.41. The van der Waals surface area contributed by atoms with Crippen LogP contribution in [0.25, 0.3) is 0 Å². The highest BCUT2D eigenvalue weighted by Gasteiger charge is 2.32. The highest BCUT2D eigenvalue weighted by Crippen LogP contribution is 2.30. The van der Waals surface area contributed by atoms with Crippen molar-refractivity contribution in [3.8, 4) is 5.88 Å². The zero-order valence-electron chi connectivity index (χ0n) is 15.2. The lowest BCUT2D eigenvalue weighted by atomic mass is 10.0. The van der Waals surface area contributed by atoms with Crippen molar-refractivity contribution in [3.05, 3.63) is 23.6 Å². The number of nitrogens with one attached hydrogen (secondary N) is 1. The van der Waals surface area contributed by atoms with Crippen LogP contribution in [0.15, 0.2) is 12.3 Å². The van der Waals surface area contributed by atoms with Gasteiger partial charge in [0.2, 0.25) is 5.88 Å². The predicted molar refractivity (Wildman–Crippen MR) is 94.1 cm³/mol. The van der Waals surface area contributed by atoms with E-state index in [0.29, 0.717) is 37.5 Å². The first kappa shape index (κ1) is 20.4. The number of rotatable bonds is 7. The molecule has 2 rings (SSSR count). The maximum Gasteiger partial charge on any atom is 0.218 e. The third kappa shape index (κ3) is 6.07. The van der Waals surface area contributed by atoms with Gasteiger partial charge >= 0.3 is 0 Å². The van der Waals surface area contributed by atoms with Gasteiger partial charge in [0.15, 0.2) is 6.29 Å². The summed E-state index contributed by atoms with van der Waals surface area (Å²) in [6.45, 7) is 6.97. The first-order valence-electron chi connectivity index (χ1n) is 8.42. The Labute approximate surface area is 151 Å². The number of methoxy groups -OCH3 is 1. The molecule has 1 unspecified atom stereocenters. The van der Waals surface area contributed by atoms with Crippen LogP contribution in [0.5, 0.6) is 5.88 Å². The number of hydrogen-bond acceptors (Lipinski definition) is 6. The molecule has 0 spiro atoms. The largest absolute Gasteiger partial charge is 0.598 e. The summed E-state index contributed by atoms with van der Waals surface area (Å²) in [4.78, 5) is 3.98. The standard InChI is InChI=1S/C17H27FN2O4S/c1-17(2,3)25(21)20-14(6-7-15-23-8-5-9-24-15)13-10-12(18)11-19-16(13)22-4/h10-11,14-15,20H,5-9H2,1-4H3/t14?,25-/m0/s1. The SMILES string of the molecule is COc1ncc(F)cc1C(CCC1OCCCO1)N[S@@+]([O-])C(C)(C)C. The Hall–Kier alpha value is -0.930. The summed E-state index contributed by atoms with van der Waals surface area (Å²) in [5, 5.41) is 0. The molecule has 1 aliphatic rings. The van der Waals surface area contributed by atoms with Crippen LogP contribution in [-0.2, 0) is 20.8 Å². The number of pyridine rings is 1. The van der Waals surface area contributed by atoms with Crippen molar-refractivity contribution < 1.29 is 23.2 Å². The molecule has 0 aromatic carbocycles. The van der Waals surface area contributed by atoms with E-state index in [0.717, 1.165) is 12.6 Å². The Kier molecular flexibility index (Phi) is 7.45. The van der Waals surface area contributed by atoms with Crippen molar-refractivity contribution in [1.29, 1.82) is 0 Å². The number of hydrogen-bond donors (Lipinski definition) is 1. The van der Waals surface area contributed by atoms with Crippen LogP contribution in [0, 0.1) is 5.82 Å². The normalized spacial score (nSPS) is 18.8. The molecule has 1 aromatic heterocycles. The van der Waals surface area contributed by atoms with Crippen molar-refractivity contribution in [3.63, 3.8) is 0 Å². The molecule has 2 atom stereocenters. The van der Waals surface area contributed by atoms with Gasteiger partial charge in [-0.1, -0.05) is 0 Å². The van der Waals surface area contributed by atoms with Crippen molar-refractivity contribution in [2.45, 2.75) is 57.1 Å². The van der Waals surface area contributed by atoms with Gasteiger partial charge in [-0.3, -0.25) is 0 Å². The minimum atomic E-state index is -1.33. The van der Waals surface area contributed by atoms with Gasteiger partial charge in [0.1, 0.15) is 10.6 Å². The molecule has 1 saturated heterocycles. The summed E-state index contributed by atoms with van der Waals surface area (Å²) in [6.07, 6.45) is 2.84. The lowest BCUT2D eigenvalue weighted by Gasteiger charge is -2.30. The molecule has 142 valence electrons. The topological polar surface area (TPSA) is 75.7 Å². The average Bonchev–Trinajstić information content (AvgIpc) is 2.58. The van der Waals surface area contributed by atoms with Crippen LogP contribution >= 0.6 is 0 Å². The minimum Gasteiger partial charge on any atom is -0.598 e. The smallest absolute Gasteiger partial charge is 0.218 e. The second-order valence-corrected chi connectivity index (χ2v) is 8.90. The number of ether oxygens (including phenoxy) is 3. The molecule has 0 saturated carbocycles. The van der Waals surface area contributed by atoms with Crippen LogP contribution in [0.4, 0.5) is 4.39 Å². The molecule has 1 aromatic rings. The highest BCUT2D eigenvalue weighted by molar-refractivity contribution is 7.90. The van der Waals surface area contributed by atoms with Gasteiger partial charge < -0.3 is 18.8 Å². The Bertz CT molecular complexity index is 550. The van der Waals surface area contributed by atoms with Crippen LogP contribution in [-0.4, -0.2) is 40.9 Å². The van der Waals surface area contributed by atoms with Crippen molar-refractivity contribution in [2.24, 2.45) is 0 Å². The molecule has 2 heterocycles. The van der Waals surface area contributed by atoms with E-state index < -0.39 is 28.0 Å². The molecule has 0 aliphatic carbocycles. The van der Waals surface area contributed by atoms with Gasteiger partial charge in [-0.25, -0.2) is 9.37 Å².